The highest BCUT2D eigenvalue weighted by molar-refractivity contribution is 5.84. The molecule has 1 aromatic carbocycles. The summed E-state index contributed by atoms with van der Waals surface area (Å²) in [7, 11) is 7.39. The second kappa shape index (κ2) is 5.94. The van der Waals surface area contributed by atoms with E-state index in [4.69, 9.17) is 0 Å². The first-order valence-electron chi connectivity index (χ1n) is 6.38. The number of amides is 2. The first kappa shape index (κ1) is 15.0. The molecule has 2 N–H and O–H groups in total. The van der Waals surface area contributed by atoms with E-state index in [1.807, 2.05) is 38.0 Å². The molecule has 0 aliphatic carbocycles. The number of aromatic nitrogens is 3. The lowest BCUT2D eigenvalue weighted by atomic mass is 10.3. The molecule has 1 aromatic heterocycles. The largest absolute Gasteiger partial charge is 0.691 e. The maximum Gasteiger partial charge on any atom is 0.354 e. The van der Waals surface area contributed by atoms with Crippen LogP contribution in [-0.2, 0) is 0 Å². The molecule has 1 heterocycles. The van der Waals surface area contributed by atoms with Gasteiger partial charge in [0.15, 0.2) is 0 Å². The van der Waals surface area contributed by atoms with Crippen LogP contribution in [0.4, 0.5) is 4.79 Å². The number of hydrogen-bond acceptors (Lipinski definition) is 5. The zero-order valence-corrected chi connectivity index (χ0v) is 12.4. The highest BCUT2D eigenvalue weighted by Gasteiger charge is 2.20. The van der Waals surface area contributed by atoms with E-state index in [0.717, 1.165) is 4.79 Å². The molecular formula is C12H19N7O2. The zero-order valence-electron chi connectivity index (χ0n) is 12.4. The van der Waals surface area contributed by atoms with Crippen molar-refractivity contribution >= 4 is 17.1 Å². The van der Waals surface area contributed by atoms with Gasteiger partial charge in [0, 0.05) is 0 Å². The van der Waals surface area contributed by atoms with Crippen molar-refractivity contribution in [1.82, 2.24) is 25.1 Å². The molecule has 0 saturated heterocycles. The predicted octanol–water partition coefficient (Wildman–Crippen LogP) is -0.670. The number of benzene rings is 1. The highest BCUT2D eigenvalue weighted by Crippen LogP contribution is 2.06. The Hall–Kier alpha value is -2.39. The van der Waals surface area contributed by atoms with Crippen LogP contribution in [0, 0.1) is 5.21 Å². The summed E-state index contributed by atoms with van der Waals surface area (Å²) in [6.07, 6.45) is -0.286. The summed E-state index contributed by atoms with van der Waals surface area (Å²) >= 11 is 0. The molecule has 0 saturated carbocycles. The molecule has 21 heavy (non-hydrogen) atoms. The van der Waals surface area contributed by atoms with Gasteiger partial charge in [-0.25, -0.2) is 4.79 Å². The maximum absolute atomic E-state index is 12.0. The van der Waals surface area contributed by atoms with E-state index in [-0.39, 0.29) is 6.29 Å². The summed E-state index contributed by atoms with van der Waals surface area (Å²) in [4.78, 5) is 17.3. The molecule has 0 spiro atoms. The van der Waals surface area contributed by atoms with Crippen molar-refractivity contribution in [2.45, 2.75) is 6.29 Å². The highest BCUT2D eigenvalue weighted by atomic mass is 16.5. The third-order valence-electron chi connectivity index (χ3n) is 2.93. The summed E-state index contributed by atoms with van der Waals surface area (Å²) in [6, 6.07) is 6.37. The molecule has 2 amide bonds. The minimum Gasteiger partial charge on any atom is -0.691 e. The average Bonchev–Trinajstić information content (AvgIpc) is 2.73. The van der Waals surface area contributed by atoms with Gasteiger partial charge < -0.3 is 10.5 Å². The van der Waals surface area contributed by atoms with Gasteiger partial charge in [0.2, 0.25) is 11.0 Å². The van der Waals surface area contributed by atoms with E-state index in [1.165, 1.54) is 0 Å². The molecule has 0 atom stereocenters. The fourth-order valence-corrected chi connectivity index (χ4v) is 2.03. The molecule has 2 aromatic rings. The Balaban J connectivity index is 2.15. The van der Waals surface area contributed by atoms with Crippen LogP contribution in [0.5, 0.6) is 0 Å². The van der Waals surface area contributed by atoms with Gasteiger partial charge >= 0.3 is 6.03 Å². The van der Waals surface area contributed by atoms with Crippen molar-refractivity contribution in [2.24, 2.45) is 0 Å². The SMILES string of the molecule is CN(C)C(NC(=O)Nn1n[n+]([O-])c2ccccc21)N(C)C. The monoisotopic (exact) mass is 293 g/mol. The van der Waals surface area contributed by atoms with E-state index in [0.29, 0.717) is 15.9 Å². The first-order chi connectivity index (χ1) is 9.90. The number of carbonyl (C=O) groups excluding carboxylic acids is 1. The predicted molar refractivity (Wildman–Crippen MR) is 77.7 cm³/mol. The number of rotatable bonds is 4. The van der Waals surface area contributed by atoms with E-state index in [1.54, 1.807) is 24.3 Å². The quantitative estimate of drug-likeness (QED) is 0.443. The van der Waals surface area contributed by atoms with Crippen molar-refractivity contribution in [1.29, 1.82) is 0 Å². The molecule has 0 fully saturated rings. The van der Waals surface area contributed by atoms with Crippen molar-refractivity contribution in [2.75, 3.05) is 33.6 Å². The number of nitrogens with one attached hydrogen (secondary N) is 2. The molecule has 9 heteroatoms. The second-order valence-electron chi connectivity index (χ2n) is 5.05. The lowest BCUT2D eigenvalue weighted by Gasteiger charge is -2.30. The van der Waals surface area contributed by atoms with E-state index < -0.39 is 6.03 Å². The molecule has 9 nitrogen and oxygen atoms in total. The normalized spacial score (nSPS) is 11.6. The van der Waals surface area contributed by atoms with Crippen LogP contribution in [0.3, 0.4) is 0 Å². The summed E-state index contributed by atoms with van der Waals surface area (Å²) in [5, 5.41) is 18.1. The van der Waals surface area contributed by atoms with Crippen LogP contribution in [0.2, 0.25) is 0 Å². The molecule has 0 unspecified atom stereocenters. The fourth-order valence-electron chi connectivity index (χ4n) is 2.03. The lowest BCUT2D eigenvalue weighted by Crippen LogP contribution is -2.55. The van der Waals surface area contributed by atoms with E-state index in [2.05, 4.69) is 16.0 Å². The van der Waals surface area contributed by atoms with Crippen molar-refractivity contribution in [3.05, 3.63) is 29.5 Å². The second-order valence-corrected chi connectivity index (χ2v) is 5.05. The number of para-hydroxylation sites is 2. The Morgan fingerprint density at radius 2 is 1.90 bits per heavy atom. The van der Waals surface area contributed by atoms with Gasteiger partial charge in [-0.05, 0) is 45.1 Å². The average molecular weight is 293 g/mol. The molecule has 2 rings (SSSR count). The Kier molecular flexibility index (Phi) is 4.24. The first-order valence-corrected chi connectivity index (χ1v) is 6.38. The van der Waals surface area contributed by atoms with Crippen molar-refractivity contribution < 1.29 is 9.64 Å². The van der Waals surface area contributed by atoms with Crippen LogP contribution < -0.4 is 15.6 Å². The van der Waals surface area contributed by atoms with E-state index >= 15 is 0 Å². The van der Waals surface area contributed by atoms with Gasteiger partial charge in [-0.1, -0.05) is 12.1 Å². The third-order valence-corrected chi connectivity index (χ3v) is 2.93. The van der Waals surface area contributed by atoms with E-state index in [9.17, 15) is 10.0 Å². The van der Waals surface area contributed by atoms with Crippen LogP contribution in [-0.4, -0.2) is 60.3 Å². The summed E-state index contributed by atoms with van der Waals surface area (Å²) in [5.41, 5.74) is 3.43. The number of nitrogens with zero attached hydrogens (tertiary/aromatic N) is 5. The zero-order chi connectivity index (χ0) is 15.6. The number of hydrogen-bond donors (Lipinski definition) is 2. The number of fused-ring (bicyclic) bond motifs is 1. The molecular weight excluding hydrogens is 274 g/mol. The molecule has 0 radical (unpaired) electrons. The molecule has 114 valence electrons. The van der Waals surface area contributed by atoms with Gasteiger partial charge in [0.25, 0.3) is 0 Å². The van der Waals surface area contributed by atoms with Crippen LogP contribution in [0.15, 0.2) is 24.3 Å². The van der Waals surface area contributed by atoms with Gasteiger partial charge in [-0.2, -0.15) is 5.43 Å². The topological polar surface area (TPSA) is 92.4 Å². The number of urea groups is 1. The fraction of sp³-hybridized carbons (Fsp3) is 0.417. The molecule has 0 bridgehead atoms. The van der Waals surface area contributed by atoms with Crippen LogP contribution in [0.25, 0.3) is 11.0 Å². The van der Waals surface area contributed by atoms with Crippen LogP contribution in [0.1, 0.15) is 0 Å². The number of carbonyl (C=O) groups is 1. The summed E-state index contributed by atoms with van der Waals surface area (Å²) < 4.78 is 0. The van der Waals surface area contributed by atoms with Crippen molar-refractivity contribution in [3.8, 4) is 0 Å². The Bertz CT molecular complexity index is 630. The van der Waals surface area contributed by atoms with Gasteiger partial charge in [0.05, 0.1) is 0 Å². The maximum atomic E-state index is 12.0. The van der Waals surface area contributed by atoms with Gasteiger partial charge in [-0.15, -0.1) is 4.85 Å². The Morgan fingerprint density at radius 1 is 1.29 bits per heavy atom. The van der Waals surface area contributed by atoms with Crippen molar-refractivity contribution in [3.63, 3.8) is 0 Å². The minimum atomic E-state index is -0.462. The standard InChI is InChI=1S/C12H19N7O2/c1-16(2)12(17(3)4)13-11(20)14-18-9-7-5-6-8-10(9)19(21)15-18/h5-8,12H,1-4H3,(H2,13,14,20). The van der Waals surface area contributed by atoms with Crippen LogP contribution >= 0.6 is 0 Å². The summed E-state index contributed by atoms with van der Waals surface area (Å²) in [5.74, 6) is 0. The Labute approximate surface area is 122 Å². The molecule has 0 aliphatic heterocycles. The van der Waals surface area contributed by atoms with Gasteiger partial charge in [-0.3, -0.25) is 9.80 Å². The lowest BCUT2D eigenvalue weighted by molar-refractivity contribution is -0.646. The third kappa shape index (κ3) is 3.20. The summed E-state index contributed by atoms with van der Waals surface area (Å²) in [6.45, 7) is 0. The smallest absolute Gasteiger partial charge is 0.354 e. The van der Waals surface area contributed by atoms with Gasteiger partial charge in [0.1, 0.15) is 11.5 Å². The Morgan fingerprint density at radius 3 is 2.52 bits per heavy atom. The minimum absolute atomic E-state index is 0.286. The molecule has 0 aliphatic rings.